The lowest BCUT2D eigenvalue weighted by molar-refractivity contribution is -0.141. The Balaban J connectivity index is 2.89. The molecule has 0 aromatic carbocycles. The number of anilines is 2. The molecule has 6 nitrogen and oxygen atoms in total. The summed E-state index contributed by atoms with van der Waals surface area (Å²) < 4.78 is 0. The number of aromatic nitrogens is 2. The Morgan fingerprint density at radius 3 is 2.56 bits per heavy atom. The summed E-state index contributed by atoms with van der Waals surface area (Å²) in [7, 11) is 0. The lowest BCUT2D eigenvalue weighted by Gasteiger charge is -2.22. The third-order valence-corrected chi connectivity index (χ3v) is 2.37. The number of hydrogen-bond donors (Lipinski definition) is 3. The number of nitrogens with zero attached hydrogens (tertiary/aromatic N) is 2. The Bertz CT molecular complexity index is 432. The molecule has 1 heterocycles. The quantitative estimate of drug-likeness (QED) is 0.716. The second-order valence-electron chi connectivity index (χ2n) is 4.67. The van der Waals surface area contributed by atoms with Crippen molar-refractivity contribution in [1.29, 1.82) is 0 Å². The molecule has 1 rings (SSSR count). The van der Waals surface area contributed by atoms with Crippen molar-refractivity contribution >= 4 is 17.6 Å². The molecule has 0 bridgehead atoms. The van der Waals surface area contributed by atoms with Crippen molar-refractivity contribution in [2.45, 2.75) is 39.7 Å². The van der Waals surface area contributed by atoms with E-state index in [1.807, 2.05) is 0 Å². The van der Waals surface area contributed by atoms with Crippen molar-refractivity contribution in [2.75, 3.05) is 17.2 Å². The Morgan fingerprint density at radius 1 is 1.39 bits per heavy atom. The zero-order chi connectivity index (χ0) is 13.8. The first-order valence-corrected chi connectivity index (χ1v) is 5.96. The van der Waals surface area contributed by atoms with E-state index in [1.54, 1.807) is 26.8 Å². The van der Waals surface area contributed by atoms with Gasteiger partial charge in [-0.3, -0.25) is 0 Å². The fraction of sp³-hybridized carbons (Fsp3) is 0.583. The SMILES string of the molecule is CCCNc1cc(NC(C)(C)C(=O)O)nc(C)n1. The standard InChI is InChI=1S/C12H20N4O2/c1-5-6-13-9-7-10(15-8(2)14-9)16-12(3,4)11(17)18/h7H,5-6H2,1-4H3,(H,17,18)(H2,13,14,15,16). The van der Waals surface area contributed by atoms with Crippen molar-refractivity contribution in [3.05, 3.63) is 11.9 Å². The number of carbonyl (C=O) groups is 1. The summed E-state index contributed by atoms with van der Waals surface area (Å²) in [4.78, 5) is 19.5. The minimum absolute atomic E-state index is 0.508. The van der Waals surface area contributed by atoms with E-state index in [2.05, 4.69) is 27.5 Å². The molecule has 6 heteroatoms. The number of aliphatic carboxylic acids is 1. The van der Waals surface area contributed by atoms with Gasteiger partial charge in [-0.25, -0.2) is 14.8 Å². The molecule has 0 saturated heterocycles. The van der Waals surface area contributed by atoms with Crippen LogP contribution in [0, 0.1) is 6.92 Å². The van der Waals surface area contributed by atoms with Gasteiger partial charge in [0, 0.05) is 12.6 Å². The second-order valence-corrected chi connectivity index (χ2v) is 4.67. The van der Waals surface area contributed by atoms with Gasteiger partial charge in [-0.05, 0) is 27.2 Å². The molecule has 0 atom stereocenters. The van der Waals surface area contributed by atoms with Gasteiger partial charge < -0.3 is 15.7 Å². The van der Waals surface area contributed by atoms with Gasteiger partial charge in [0.25, 0.3) is 0 Å². The van der Waals surface area contributed by atoms with Crippen molar-refractivity contribution in [1.82, 2.24) is 9.97 Å². The molecular weight excluding hydrogens is 232 g/mol. The summed E-state index contributed by atoms with van der Waals surface area (Å²) >= 11 is 0. The van der Waals surface area contributed by atoms with Gasteiger partial charge in [0.2, 0.25) is 0 Å². The topological polar surface area (TPSA) is 87.1 Å². The normalized spacial score (nSPS) is 11.1. The molecular formula is C12H20N4O2. The van der Waals surface area contributed by atoms with Crippen molar-refractivity contribution in [2.24, 2.45) is 0 Å². The second kappa shape index (κ2) is 5.66. The van der Waals surface area contributed by atoms with E-state index >= 15 is 0 Å². The predicted molar refractivity (Wildman–Crippen MR) is 70.9 cm³/mol. The smallest absolute Gasteiger partial charge is 0.328 e. The Labute approximate surface area is 107 Å². The first kappa shape index (κ1) is 14.2. The van der Waals surface area contributed by atoms with Gasteiger partial charge in [-0.1, -0.05) is 6.92 Å². The van der Waals surface area contributed by atoms with Crippen LogP contribution in [0.25, 0.3) is 0 Å². The van der Waals surface area contributed by atoms with Crippen molar-refractivity contribution in [3.8, 4) is 0 Å². The van der Waals surface area contributed by atoms with Crippen LogP contribution in [-0.2, 0) is 4.79 Å². The van der Waals surface area contributed by atoms with Crippen LogP contribution in [0.3, 0.4) is 0 Å². The van der Waals surface area contributed by atoms with Crippen LogP contribution < -0.4 is 10.6 Å². The molecule has 1 aromatic heterocycles. The zero-order valence-electron chi connectivity index (χ0n) is 11.2. The highest BCUT2D eigenvalue weighted by Crippen LogP contribution is 2.16. The maximum Gasteiger partial charge on any atom is 0.328 e. The molecule has 0 saturated carbocycles. The third-order valence-electron chi connectivity index (χ3n) is 2.37. The van der Waals surface area contributed by atoms with E-state index < -0.39 is 11.5 Å². The Hall–Kier alpha value is -1.85. The number of aryl methyl sites for hydroxylation is 1. The van der Waals surface area contributed by atoms with E-state index in [4.69, 9.17) is 5.11 Å². The van der Waals surface area contributed by atoms with E-state index in [1.165, 1.54) is 0 Å². The molecule has 0 aliphatic rings. The van der Waals surface area contributed by atoms with Crippen LogP contribution in [0.4, 0.5) is 11.6 Å². The highest BCUT2D eigenvalue weighted by molar-refractivity contribution is 5.81. The Kier molecular flexibility index (Phi) is 4.47. The number of hydrogen-bond acceptors (Lipinski definition) is 5. The minimum Gasteiger partial charge on any atom is -0.480 e. The van der Waals surface area contributed by atoms with Gasteiger partial charge in [0.15, 0.2) is 0 Å². The first-order chi connectivity index (χ1) is 8.35. The third kappa shape index (κ3) is 3.87. The molecule has 100 valence electrons. The molecule has 0 radical (unpaired) electrons. The Morgan fingerprint density at radius 2 is 2.00 bits per heavy atom. The molecule has 18 heavy (non-hydrogen) atoms. The first-order valence-electron chi connectivity index (χ1n) is 5.96. The van der Waals surface area contributed by atoms with E-state index in [9.17, 15) is 4.79 Å². The summed E-state index contributed by atoms with van der Waals surface area (Å²) in [5.41, 5.74) is -1.07. The van der Waals surface area contributed by atoms with Crippen LogP contribution in [0.1, 0.15) is 33.0 Å². The van der Waals surface area contributed by atoms with Crippen LogP contribution in [0.15, 0.2) is 6.07 Å². The van der Waals surface area contributed by atoms with Crippen molar-refractivity contribution < 1.29 is 9.90 Å². The van der Waals surface area contributed by atoms with Crippen LogP contribution in [0.2, 0.25) is 0 Å². The van der Waals surface area contributed by atoms with Gasteiger partial charge in [-0.15, -0.1) is 0 Å². The summed E-state index contributed by atoms with van der Waals surface area (Å²) in [6.07, 6.45) is 0.992. The fourth-order valence-corrected chi connectivity index (χ4v) is 1.35. The number of carboxylic acid groups (broad SMARTS) is 1. The molecule has 0 aliphatic carbocycles. The van der Waals surface area contributed by atoms with Gasteiger partial charge >= 0.3 is 5.97 Å². The average molecular weight is 252 g/mol. The van der Waals surface area contributed by atoms with Crippen LogP contribution in [0.5, 0.6) is 0 Å². The molecule has 0 fully saturated rings. The fourth-order valence-electron chi connectivity index (χ4n) is 1.35. The molecule has 3 N–H and O–H groups in total. The summed E-state index contributed by atoms with van der Waals surface area (Å²) in [6.45, 7) is 7.83. The molecule has 1 aromatic rings. The average Bonchev–Trinajstić information content (AvgIpc) is 2.24. The summed E-state index contributed by atoms with van der Waals surface area (Å²) in [6, 6.07) is 1.72. The van der Waals surface area contributed by atoms with Crippen LogP contribution in [-0.4, -0.2) is 33.1 Å². The lowest BCUT2D eigenvalue weighted by Crippen LogP contribution is -2.40. The van der Waals surface area contributed by atoms with E-state index in [-0.39, 0.29) is 0 Å². The predicted octanol–water partition coefficient (Wildman–Crippen LogP) is 1.88. The highest BCUT2D eigenvalue weighted by Gasteiger charge is 2.27. The largest absolute Gasteiger partial charge is 0.480 e. The maximum absolute atomic E-state index is 11.0. The maximum atomic E-state index is 11.0. The highest BCUT2D eigenvalue weighted by atomic mass is 16.4. The van der Waals surface area contributed by atoms with Crippen LogP contribution >= 0.6 is 0 Å². The monoisotopic (exact) mass is 252 g/mol. The lowest BCUT2D eigenvalue weighted by atomic mass is 10.1. The van der Waals surface area contributed by atoms with Gasteiger partial charge in [-0.2, -0.15) is 0 Å². The van der Waals surface area contributed by atoms with Crippen molar-refractivity contribution in [3.63, 3.8) is 0 Å². The zero-order valence-corrected chi connectivity index (χ0v) is 11.2. The molecule has 0 unspecified atom stereocenters. The summed E-state index contributed by atoms with van der Waals surface area (Å²) in [5.74, 6) is 0.878. The van der Waals surface area contributed by atoms with Gasteiger partial charge in [0.1, 0.15) is 23.0 Å². The molecule has 0 amide bonds. The molecule has 0 spiro atoms. The number of carboxylic acids is 1. The minimum atomic E-state index is -1.07. The summed E-state index contributed by atoms with van der Waals surface area (Å²) in [5, 5.41) is 15.1. The number of rotatable bonds is 6. The van der Waals surface area contributed by atoms with E-state index in [0.717, 1.165) is 13.0 Å². The van der Waals surface area contributed by atoms with Gasteiger partial charge in [0.05, 0.1) is 0 Å². The number of nitrogens with one attached hydrogen (secondary N) is 2. The molecule has 0 aliphatic heterocycles. The van der Waals surface area contributed by atoms with E-state index in [0.29, 0.717) is 17.5 Å².